The van der Waals surface area contributed by atoms with Gasteiger partial charge in [-0.05, 0) is 42.8 Å². The zero-order chi connectivity index (χ0) is 20.6. The van der Waals surface area contributed by atoms with E-state index < -0.39 is 5.91 Å². The molecule has 1 N–H and O–H groups in total. The first-order valence-electron chi connectivity index (χ1n) is 8.78. The van der Waals surface area contributed by atoms with E-state index >= 15 is 0 Å². The minimum atomic E-state index is -0.486. The predicted octanol–water partition coefficient (Wildman–Crippen LogP) is 4.58. The molecule has 2 aromatic carbocycles. The molecule has 0 unspecified atom stereocenters. The zero-order valence-electron chi connectivity index (χ0n) is 16.0. The van der Waals surface area contributed by atoms with Crippen LogP contribution in [0.3, 0.4) is 0 Å². The third-order valence-electron chi connectivity index (χ3n) is 3.94. The molecular weight excluding hydrogens is 386 g/mol. The number of aromatic nitrogens is 1. The van der Waals surface area contributed by atoms with Gasteiger partial charge in [-0.2, -0.15) is 5.26 Å². The van der Waals surface area contributed by atoms with Crippen LogP contribution in [0.5, 0.6) is 11.5 Å². The first kappa shape index (κ1) is 20.1. The van der Waals surface area contributed by atoms with Crippen LogP contribution in [0.2, 0.25) is 0 Å². The van der Waals surface area contributed by atoms with Crippen molar-refractivity contribution in [3.05, 3.63) is 75.7 Å². The molecule has 0 radical (unpaired) electrons. The van der Waals surface area contributed by atoms with Crippen LogP contribution in [0, 0.1) is 18.3 Å². The standard InChI is InChI=1S/C22H19N3O3S/c1-15-24-19(14-29-15)13-28-20-8-6-16(7-9-20)10-17(12-23)22(26)25-18-4-3-5-21(11-18)27-2/h3-11,14H,13H2,1-2H3,(H,25,26)/b17-10+. The molecule has 0 bridgehead atoms. The monoisotopic (exact) mass is 405 g/mol. The Bertz CT molecular complexity index is 1070. The SMILES string of the molecule is COc1cccc(NC(=O)/C(C#N)=C/c2ccc(OCc3csc(C)n3)cc2)c1. The molecule has 3 aromatic rings. The number of carbonyl (C=O) groups excluding carboxylic acids is 1. The summed E-state index contributed by atoms with van der Waals surface area (Å²) >= 11 is 1.58. The van der Waals surface area contributed by atoms with E-state index in [0.29, 0.717) is 23.8 Å². The summed E-state index contributed by atoms with van der Waals surface area (Å²) in [6, 6.07) is 16.0. The second-order valence-electron chi connectivity index (χ2n) is 6.07. The lowest BCUT2D eigenvalue weighted by Crippen LogP contribution is -2.13. The highest BCUT2D eigenvalue weighted by Gasteiger charge is 2.10. The number of methoxy groups -OCH3 is 1. The molecule has 7 heteroatoms. The van der Waals surface area contributed by atoms with E-state index in [1.165, 1.54) is 6.08 Å². The van der Waals surface area contributed by atoms with E-state index in [4.69, 9.17) is 9.47 Å². The lowest BCUT2D eigenvalue weighted by molar-refractivity contribution is -0.112. The lowest BCUT2D eigenvalue weighted by Gasteiger charge is -2.07. The normalized spacial score (nSPS) is 10.9. The van der Waals surface area contributed by atoms with E-state index in [2.05, 4.69) is 10.3 Å². The molecule has 0 fully saturated rings. The minimum Gasteiger partial charge on any atom is -0.497 e. The number of benzene rings is 2. The molecule has 1 amide bonds. The second kappa shape index (κ2) is 9.53. The van der Waals surface area contributed by atoms with Crippen molar-refractivity contribution in [2.45, 2.75) is 13.5 Å². The lowest BCUT2D eigenvalue weighted by atomic mass is 10.1. The minimum absolute atomic E-state index is 0.000522. The van der Waals surface area contributed by atoms with Gasteiger partial charge in [-0.15, -0.1) is 11.3 Å². The average Bonchev–Trinajstić information content (AvgIpc) is 3.16. The molecule has 1 heterocycles. The number of aryl methyl sites for hydroxylation is 1. The quantitative estimate of drug-likeness (QED) is 0.459. The third kappa shape index (κ3) is 5.67. The number of anilines is 1. The average molecular weight is 405 g/mol. The van der Waals surface area contributed by atoms with Crippen molar-refractivity contribution in [2.24, 2.45) is 0 Å². The molecule has 3 rings (SSSR count). The van der Waals surface area contributed by atoms with Gasteiger partial charge in [0.25, 0.3) is 5.91 Å². The number of nitriles is 1. The van der Waals surface area contributed by atoms with Crippen LogP contribution in [-0.4, -0.2) is 18.0 Å². The predicted molar refractivity (Wildman–Crippen MR) is 113 cm³/mol. The van der Waals surface area contributed by atoms with Gasteiger partial charge < -0.3 is 14.8 Å². The molecule has 0 aliphatic carbocycles. The molecule has 0 aliphatic heterocycles. The summed E-state index contributed by atoms with van der Waals surface area (Å²) in [6.45, 7) is 2.35. The van der Waals surface area contributed by atoms with E-state index in [1.807, 2.05) is 18.4 Å². The van der Waals surface area contributed by atoms with Crippen LogP contribution in [0.1, 0.15) is 16.3 Å². The molecule has 0 saturated heterocycles. The number of thiazole rings is 1. The van der Waals surface area contributed by atoms with Crippen molar-refractivity contribution in [3.8, 4) is 17.6 Å². The molecule has 1 aromatic heterocycles. The van der Waals surface area contributed by atoms with Gasteiger partial charge in [-0.1, -0.05) is 18.2 Å². The molecule has 0 atom stereocenters. The molecule has 0 spiro atoms. The van der Waals surface area contributed by atoms with Gasteiger partial charge in [0.15, 0.2) is 0 Å². The van der Waals surface area contributed by atoms with Gasteiger partial charge in [0.1, 0.15) is 29.7 Å². The van der Waals surface area contributed by atoms with Gasteiger partial charge in [0.2, 0.25) is 0 Å². The number of amides is 1. The van der Waals surface area contributed by atoms with Crippen LogP contribution in [0.15, 0.2) is 59.5 Å². The number of nitrogens with zero attached hydrogens (tertiary/aromatic N) is 2. The topological polar surface area (TPSA) is 84.2 Å². The Morgan fingerprint density at radius 1 is 1.24 bits per heavy atom. The van der Waals surface area contributed by atoms with Crippen LogP contribution < -0.4 is 14.8 Å². The second-order valence-corrected chi connectivity index (χ2v) is 7.13. The number of carbonyl (C=O) groups is 1. The first-order valence-corrected chi connectivity index (χ1v) is 9.66. The summed E-state index contributed by atoms with van der Waals surface area (Å²) in [4.78, 5) is 16.8. The summed E-state index contributed by atoms with van der Waals surface area (Å²) in [7, 11) is 1.55. The highest BCUT2D eigenvalue weighted by Crippen LogP contribution is 2.19. The summed E-state index contributed by atoms with van der Waals surface area (Å²) in [5.41, 5.74) is 2.16. The van der Waals surface area contributed by atoms with Gasteiger partial charge in [-0.3, -0.25) is 4.79 Å². The molecule has 146 valence electrons. The Labute approximate surface area is 173 Å². The molecule has 6 nitrogen and oxygen atoms in total. The van der Waals surface area contributed by atoms with Crippen LogP contribution in [-0.2, 0) is 11.4 Å². The Morgan fingerprint density at radius 2 is 2.03 bits per heavy atom. The van der Waals surface area contributed by atoms with Crippen LogP contribution in [0.4, 0.5) is 5.69 Å². The molecule has 0 aliphatic rings. The van der Waals surface area contributed by atoms with E-state index in [9.17, 15) is 10.1 Å². The van der Waals surface area contributed by atoms with Crippen molar-refractivity contribution >= 4 is 29.0 Å². The van der Waals surface area contributed by atoms with Crippen molar-refractivity contribution in [3.63, 3.8) is 0 Å². The van der Waals surface area contributed by atoms with Crippen LogP contribution >= 0.6 is 11.3 Å². The van der Waals surface area contributed by atoms with Crippen molar-refractivity contribution in [1.29, 1.82) is 5.26 Å². The van der Waals surface area contributed by atoms with Gasteiger partial charge in [0.05, 0.1) is 17.8 Å². The van der Waals surface area contributed by atoms with Crippen molar-refractivity contribution < 1.29 is 14.3 Å². The van der Waals surface area contributed by atoms with Gasteiger partial charge >= 0.3 is 0 Å². The summed E-state index contributed by atoms with van der Waals surface area (Å²) in [5, 5.41) is 15.0. The Morgan fingerprint density at radius 3 is 2.69 bits per heavy atom. The van der Waals surface area contributed by atoms with Crippen molar-refractivity contribution in [1.82, 2.24) is 4.98 Å². The van der Waals surface area contributed by atoms with E-state index in [1.54, 1.807) is 67.0 Å². The summed E-state index contributed by atoms with van der Waals surface area (Å²) in [5.74, 6) is 0.820. The third-order valence-corrected chi connectivity index (χ3v) is 4.76. The smallest absolute Gasteiger partial charge is 0.266 e. The fourth-order valence-electron chi connectivity index (χ4n) is 2.51. The van der Waals surface area contributed by atoms with Crippen LogP contribution in [0.25, 0.3) is 6.08 Å². The Kier molecular flexibility index (Phi) is 6.61. The summed E-state index contributed by atoms with van der Waals surface area (Å²) < 4.78 is 10.8. The highest BCUT2D eigenvalue weighted by molar-refractivity contribution is 7.09. The number of rotatable bonds is 7. The fraction of sp³-hybridized carbons (Fsp3) is 0.136. The van der Waals surface area contributed by atoms with E-state index in [-0.39, 0.29) is 5.57 Å². The Hall–Kier alpha value is -3.63. The summed E-state index contributed by atoms with van der Waals surface area (Å²) in [6.07, 6.45) is 1.53. The largest absolute Gasteiger partial charge is 0.497 e. The molecular formula is C22H19N3O3S. The maximum absolute atomic E-state index is 12.4. The zero-order valence-corrected chi connectivity index (χ0v) is 16.8. The molecule has 0 saturated carbocycles. The number of hydrogen-bond acceptors (Lipinski definition) is 6. The first-order chi connectivity index (χ1) is 14.1. The fourth-order valence-corrected chi connectivity index (χ4v) is 3.10. The van der Waals surface area contributed by atoms with Gasteiger partial charge in [-0.25, -0.2) is 4.98 Å². The van der Waals surface area contributed by atoms with Gasteiger partial charge in [0, 0.05) is 17.1 Å². The van der Waals surface area contributed by atoms with E-state index in [0.717, 1.165) is 16.3 Å². The number of nitrogens with one attached hydrogen (secondary N) is 1. The molecule has 29 heavy (non-hydrogen) atoms. The number of hydrogen-bond donors (Lipinski definition) is 1. The maximum Gasteiger partial charge on any atom is 0.266 e. The van der Waals surface area contributed by atoms with Crippen molar-refractivity contribution in [2.75, 3.05) is 12.4 Å². The number of ether oxygens (including phenoxy) is 2. The maximum atomic E-state index is 12.4. The highest BCUT2D eigenvalue weighted by atomic mass is 32.1. The Balaban J connectivity index is 1.64.